The molecule has 116 valence electrons. The number of nitrogens with zero attached hydrogens (tertiary/aromatic N) is 1. The zero-order valence-electron chi connectivity index (χ0n) is 12.8. The number of benzene rings is 1. The highest BCUT2D eigenvalue weighted by Crippen LogP contribution is 2.31. The van der Waals surface area contributed by atoms with Crippen LogP contribution >= 0.6 is 11.6 Å². The summed E-state index contributed by atoms with van der Waals surface area (Å²) < 4.78 is 0. The van der Waals surface area contributed by atoms with Gasteiger partial charge in [-0.25, -0.2) is 0 Å². The Kier molecular flexibility index (Phi) is 5.88. The van der Waals surface area contributed by atoms with E-state index >= 15 is 0 Å². The molecule has 0 saturated carbocycles. The van der Waals surface area contributed by atoms with Crippen LogP contribution in [0.5, 0.6) is 0 Å². The minimum Gasteiger partial charge on any atom is -0.359 e. The van der Waals surface area contributed by atoms with Gasteiger partial charge in [-0.05, 0) is 43.5 Å². The first-order chi connectivity index (χ1) is 10.2. The van der Waals surface area contributed by atoms with E-state index in [2.05, 4.69) is 28.5 Å². The van der Waals surface area contributed by atoms with Gasteiger partial charge in [-0.15, -0.1) is 0 Å². The smallest absolute Gasteiger partial charge is 0.242 e. The molecule has 1 aliphatic rings. The van der Waals surface area contributed by atoms with Crippen LogP contribution in [0.4, 0.5) is 5.69 Å². The molecule has 0 aromatic heterocycles. The van der Waals surface area contributed by atoms with E-state index in [0.717, 1.165) is 44.6 Å². The first kappa shape index (κ1) is 16.1. The van der Waals surface area contributed by atoms with Crippen LogP contribution < -0.4 is 15.5 Å². The molecule has 1 amide bonds. The largest absolute Gasteiger partial charge is 0.359 e. The lowest BCUT2D eigenvalue weighted by molar-refractivity contribution is -0.121. The molecule has 1 aromatic carbocycles. The Morgan fingerprint density at radius 2 is 2.29 bits per heavy atom. The van der Waals surface area contributed by atoms with Gasteiger partial charge in [0, 0.05) is 30.8 Å². The number of hydrogen-bond acceptors (Lipinski definition) is 3. The maximum atomic E-state index is 12.1. The van der Waals surface area contributed by atoms with E-state index in [1.807, 2.05) is 12.1 Å². The van der Waals surface area contributed by atoms with E-state index in [9.17, 15) is 4.79 Å². The van der Waals surface area contributed by atoms with Crippen LogP contribution in [0.25, 0.3) is 0 Å². The number of halogens is 1. The van der Waals surface area contributed by atoms with Crippen molar-refractivity contribution in [3.63, 3.8) is 0 Å². The fourth-order valence-corrected chi connectivity index (χ4v) is 3.01. The number of rotatable bonds is 6. The first-order valence-corrected chi connectivity index (χ1v) is 8.02. The van der Waals surface area contributed by atoms with Gasteiger partial charge in [-0.2, -0.15) is 0 Å². The molecule has 0 radical (unpaired) electrons. The van der Waals surface area contributed by atoms with Crippen LogP contribution in [0.3, 0.4) is 0 Å². The Morgan fingerprint density at radius 1 is 1.48 bits per heavy atom. The molecule has 0 aliphatic carbocycles. The molecule has 1 unspecified atom stereocenters. The Balaban J connectivity index is 2.23. The number of nitrogens with one attached hydrogen (secondary N) is 2. The van der Waals surface area contributed by atoms with Crippen LogP contribution in [0.1, 0.15) is 31.7 Å². The molecule has 1 aromatic rings. The van der Waals surface area contributed by atoms with Crippen LogP contribution in [0.2, 0.25) is 5.02 Å². The van der Waals surface area contributed by atoms with Crippen molar-refractivity contribution in [1.29, 1.82) is 0 Å². The highest BCUT2D eigenvalue weighted by molar-refractivity contribution is 6.30. The quantitative estimate of drug-likeness (QED) is 0.794. The average molecular weight is 310 g/mol. The minimum absolute atomic E-state index is 0.0833. The number of amides is 1. The van der Waals surface area contributed by atoms with E-state index in [1.165, 1.54) is 5.56 Å². The monoisotopic (exact) mass is 309 g/mol. The summed E-state index contributed by atoms with van der Waals surface area (Å²) in [4.78, 5) is 14.2. The molecule has 2 N–H and O–H groups in total. The Morgan fingerprint density at radius 3 is 3.00 bits per heavy atom. The van der Waals surface area contributed by atoms with Gasteiger partial charge in [0.2, 0.25) is 5.91 Å². The summed E-state index contributed by atoms with van der Waals surface area (Å²) in [6.45, 7) is 4.84. The Hall–Kier alpha value is -1.26. The van der Waals surface area contributed by atoms with Crippen molar-refractivity contribution in [2.24, 2.45) is 0 Å². The van der Waals surface area contributed by atoms with E-state index in [4.69, 9.17) is 11.6 Å². The molecule has 21 heavy (non-hydrogen) atoms. The van der Waals surface area contributed by atoms with Gasteiger partial charge in [0.1, 0.15) is 6.04 Å². The summed E-state index contributed by atoms with van der Waals surface area (Å²) in [5.41, 5.74) is 2.28. The molecule has 1 atom stereocenters. The fourth-order valence-electron chi connectivity index (χ4n) is 2.85. The second-order valence-corrected chi connectivity index (χ2v) is 5.85. The maximum absolute atomic E-state index is 12.1. The highest BCUT2D eigenvalue weighted by Gasteiger charge is 2.31. The summed E-state index contributed by atoms with van der Waals surface area (Å²) in [5, 5.41) is 6.90. The zero-order chi connectivity index (χ0) is 15.2. The fraction of sp³-hybridized carbons (Fsp3) is 0.562. The molecule has 0 spiro atoms. The summed E-state index contributed by atoms with van der Waals surface area (Å²) in [6.07, 6.45) is 3.04. The van der Waals surface area contributed by atoms with Crippen LogP contribution in [-0.4, -0.2) is 32.1 Å². The standard InChI is InChI=1S/C16H24ClN3O/c1-3-8-19-11-12-6-7-13(17)10-15(12)20-9-4-5-14(20)16(21)18-2/h6-7,10,14,19H,3-5,8-9,11H2,1-2H3,(H,18,21). The molecular formula is C16H24ClN3O. The molecule has 2 rings (SSSR count). The lowest BCUT2D eigenvalue weighted by Crippen LogP contribution is -2.42. The van der Waals surface area contributed by atoms with E-state index in [0.29, 0.717) is 5.02 Å². The van der Waals surface area contributed by atoms with Gasteiger partial charge >= 0.3 is 0 Å². The predicted molar refractivity (Wildman–Crippen MR) is 87.9 cm³/mol. The van der Waals surface area contributed by atoms with Gasteiger partial charge in [0.25, 0.3) is 0 Å². The predicted octanol–water partition coefficient (Wildman–Crippen LogP) is 2.55. The molecule has 1 heterocycles. The maximum Gasteiger partial charge on any atom is 0.242 e. The molecule has 1 saturated heterocycles. The summed E-state index contributed by atoms with van der Waals surface area (Å²) >= 11 is 6.17. The normalized spacial score (nSPS) is 18.0. The second-order valence-electron chi connectivity index (χ2n) is 5.42. The summed E-state index contributed by atoms with van der Waals surface area (Å²) in [5.74, 6) is 0.0833. The van der Waals surface area contributed by atoms with E-state index < -0.39 is 0 Å². The third-order valence-corrected chi connectivity index (χ3v) is 4.14. The lowest BCUT2D eigenvalue weighted by Gasteiger charge is -2.28. The molecular weight excluding hydrogens is 286 g/mol. The van der Waals surface area contributed by atoms with Crippen molar-refractivity contribution in [1.82, 2.24) is 10.6 Å². The lowest BCUT2D eigenvalue weighted by atomic mass is 10.1. The van der Waals surface area contributed by atoms with Crippen LogP contribution in [0.15, 0.2) is 18.2 Å². The Bertz CT molecular complexity index is 492. The topological polar surface area (TPSA) is 44.4 Å². The molecule has 0 bridgehead atoms. The van der Waals surface area contributed by atoms with Gasteiger partial charge in [0.15, 0.2) is 0 Å². The second kappa shape index (κ2) is 7.66. The molecule has 5 heteroatoms. The number of carbonyl (C=O) groups excluding carboxylic acids is 1. The first-order valence-electron chi connectivity index (χ1n) is 7.64. The summed E-state index contributed by atoms with van der Waals surface area (Å²) in [7, 11) is 1.69. The minimum atomic E-state index is -0.0848. The van der Waals surface area contributed by atoms with Crippen molar-refractivity contribution in [3.8, 4) is 0 Å². The van der Waals surface area contributed by atoms with E-state index in [-0.39, 0.29) is 11.9 Å². The SMILES string of the molecule is CCCNCc1ccc(Cl)cc1N1CCCC1C(=O)NC. The number of likely N-dealkylation sites (N-methyl/N-ethyl adjacent to an activating group) is 1. The number of anilines is 1. The van der Waals surface area contributed by atoms with Crippen molar-refractivity contribution < 1.29 is 4.79 Å². The third kappa shape index (κ3) is 3.89. The van der Waals surface area contributed by atoms with Gasteiger partial charge in [-0.3, -0.25) is 4.79 Å². The van der Waals surface area contributed by atoms with Crippen LogP contribution in [0, 0.1) is 0 Å². The van der Waals surface area contributed by atoms with Crippen molar-refractivity contribution >= 4 is 23.2 Å². The number of hydrogen-bond donors (Lipinski definition) is 2. The average Bonchev–Trinajstić information content (AvgIpc) is 2.97. The van der Waals surface area contributed by atoms with Gasteiger partial charge in [-0.1, -0.05) is 24.6 Å². The zero-order valence-corrected chi connectivity index (χ0v) is 13.5. The highest BCUT2D eigenvalue weighted by atomic mass is 35.5. The van der Waals surface area contributed by atoms with E-state index in [1.54, 1.807) is 7.05 Å². The number of carbonyl (C=O) groups is 1. The van der Waals surface area contributed by atoms with Crippen molar-refractivity contribution in [2.45, 2.75) is 38.8 Å². The van der Waals surface area contributed by atoms with Crippen LogP contribution in [-0.2, 0) is 11.3 Å². The van der Waals surface area contributed by atoms with Crippen molar-refractivity contribution in [3.05, 3.63) is 28.8 Å². The van der Waals surface area contributed by atoms with Crippen molar-refractivity contribution in [2.75, 3.05) is 25.0 Å². The molecule has 1 fully saturated rings. The molecule has 4 nitrogen and oxygen atoms in total. The van der Waals surface area contributed by atoms with Gasteiger partial charge in [0.05, 0.1) is 0 Å². The van der Waals surface area contributed by atoms with Gasteiger partial charge < -0.3 is 15.5 Å². The molecule has 1 aliphatic heterocycles. The third-order valence-electron chi connectivity index (χ3n) is 3.90. The Labute approximate surface area is 131 Å². The summed E-state index contributed by atoms with van der Waals surface area (Å²) in [6, 6.07) is 5.86.